The summed E-state index contributed by atoms with van der Waals surface area (Å²) in [5.41, 5.74) is 2.58. The number of rotatable bonds is 6. The number of ether oxygens (including phenoxy) is 1. The number of anilines is 1. The number of benzene rings is 3. The standard InChI is InChI=1S/C23H17ClF3N5O3/c24-11-5-18(25)17(19(26)6-11)10-34-13-3-1-12(2-4-13)30-23(33)16-9-35-21-8-15(22(31-28)32-29)20(27)7-14(16)21/h1-9H,10,28-29H2,(H,30,33)(H,31,32). The van der Waals surface area contributed by atoms with Crippen LogP contribution in [0.1, 0.15) is 21.5 Å². The van der Waals surface area contributed by atoms with Crippen LogP contribution in [0.5, 0.6) is 5.75 Å². The minimum Gasteiger partial charge on any atom is -0.489 e. The van der Waals surface area contributed by atoms with Gasteiger partial charge in [0, 0.05) is 16.1 Å². The molecule has 1 aromatic heterocycles. The molecule has 0 aliphatic rings. The van der Waals surface area contributed by atoms with Gasteiger partial charge in [-0.05, 0) is 48.5 Å². The Morgan fingerprint density at radius 2 is 1.71 bits per heavy atom. The zero-order valence-electron chi connectivity index (χ0n) is 17.7. The summed E-state index contributed by atoms with van der Waals surface area (Å²) in [6.45, 7) is -0.356. The lowest BCUT2D eigenvalue weighted by Gasteiger charge is -2.10. The highest BCUT2D eigenvalue weighted by Crippen LogP contribution is 2.27. The number of nitrogens with one attached hydrogen (secondary N) is 2. The number of nitrogens with two attached hydrogens (primary N) is 2. The van der Waals surface area contributed by atoms with Gasteiger partial charge in [0.15, 0.2) is 5.84 Å². The maximum absolute atomic E-state index is 14.5. The van der Waals surface area contributed by atoms with Crippen molar-refractivity contribution in [3.63, 3.8) is 0 Å². The number of amidine groups is 1. The van der Waals surface area contributed by atoms with Gasteiger partial charge in [0.1, 0.15) is 41.7 Å². The van der Waals surface area contributed by atoms with Crippen LogP contribution in [0, 0.1) is 17.5 Å². The molecule has 0 fully saturated rings. The molecular weight excluding hydrogens is 487 g/mol. The Kier molecular flexibility index (Phi) is 6.80. The van der Waals surface area contributed by atoms with Crippen LogP contribution in [0.4, 0.5) is 18.9 Å². The van der Waals surface area contributed by atoms with Crippen LogP contribution < -0.4 is 27.2 Å². The molecule has 1 heterocycles. The molecule has 0 aliphatic carbocycles. The van der Waals surface area contributed by atoms with Crippen molar-refractivity contribution in [2.45, 2.75) is 6.61 Å². The van der Waals surface area contributed by atoms with Crippen molar-refractivity contribution in [1.82, 2.24) is 5.43 Å². The molecule has 12 heteroatoms. The van der Waals surface area contributed by atoms with Crippen LogP contribution >= 0.6 is 11.6 Å². The summed E-state index contributed by atoms with van der Waals surface area (Å²) in [5.74, 6) is 7.76. The van der Waals surface area contributed by atoms with Crippen molar-refractivity contribution < 1.29 is 27.1 Å². The number of hydrogen-bond acceptors (Lipinski definition) is 6. The summed E-state index contributed by atoms with van der Waals surface area (Å²) >= 11 is 5.61. The van der Waals surface area contributed by atoms with Crippen molar-refractivity contribution >= 4 is 40.0 Å². The Balaban J connectivity index is 1.46. The maximum Gasteiger partial charge on any atom is 0.259 e. The Labute approximate surface area is 201 Å². The summed E-state index contributed by atoms with van der Waals surface area (Å²) < 4.78 is 53.1. The van der Waals surface area contributed by atoms with Crippen LogP contribution in [0.3, 0.4) is 0 Å². The second kappa shape index (κ2) is 9.95. The first kappa shape index (κ1) is 23.9. The fourth-order valence-corrected chi connectivity index (χ4v) is 3.48. The van der Waals surface area contributed by atoms with E-state index in [1.807, 2.05) is 0 Å². The smallest absolute Gasteiger partial charge is 0.259 e. The van der Waals surface area contributed by atoms with E-state index in [1.54, 1.807) is 0 Å². The van der Waals surface area contributed by atoms with E-state index in [9.17, 15) is 18.0 Å². The van der Waals surface area contributed by atoms with Crippen molar-refractivity contribution in [1.29, 1.82) is 0 Å². The van der Waals surface area contributed by atoms with Crippen molar-refractivity contribution in [2.24, 2.45) is 16.8 Å². The Hall–Kier alpha value is -4.22. The third-order valence-corrected chi connectivity index (χ3v) is 5.25. The zero-order chi connectivity index (χ0) is 25.1. The molecule has 4 aromatic rings. The zero-order valence-corrected chi connectivity index (χ0v) is 18.5. The fourth-order valence-electron chi connectivity index (χ4n) is 3.29. The van der Waals surface area contributed by atoms with E-state index >= 15 is 0 Å². The Bertz CT molecular complexity index is 1420. The molecule has 180 valence electrons. The number of carbonyl (C=O) groups is 1. The molecular formula is C23H17ClF3N5O3. The number of fused-ring (bicyclic) bond motifs is 1. The lowest BCUT2D eigenvalue weighted by atomic mass is 10.1. The van der Waals surface area contributed by atoms with Crippen LogP contribution in [0.25, 0.3) is 11.0 Å². The minimum absolute atomic E-state index is 0.0299. The van der Waals surface area contributed by atoms with Gasteiger partial charge in [-0.15, -0.1) is 0 Å². The summed E-state index contributed by atoms with van der Waals surface area (Å²) in [6.07, 6.45) is 1.19. The van der Waals surface area contributed by atoms with Crippen molar-refractivity contribution in [3.05, 3.63) is 94.0 Å². The molecule has 3 aromatic carbocycles. The third-order valence-electron chi connectivity index (χ3n) is 5.03. The maximum atomic E-state index is 14.5. The summed E-state index contributed by atoms with van der Waals surface area (Å²) in [4.78, 5) is 12.7. The number of hydrogen-bond donors (Lipinski definition) is 4. The highest BCUT2D eigenvalue weighted by molar-refractivity contribution is 6.30. The van der Waals surface area contributed by atoms with Crippen molar-refractivity contribution in [2.75, 3.05) is 5.32 Å². The quantitative estimate of drug-likeness (QED) is 0.133. The number of halogens is 4. The molecule has 35 heavy (non-hydrogen) atoms. The van der Waals surface area contributed by atoms with E-state index in [0.717, 1.165) is 18.2 Å². The van der Waals surface area contributed by atoms with Gasteiger partial charge >= 0.3 is 0 Å². The highest BCUT2D eigenvalue weighted by atomic mass is 35.5. The molecule has 6 N–H and O–H groups in total. The van der Waals surface area contributed by atoms with Crippen LogP contribution in [-0.4, -0.2) is 11.7 Å². The van der Waals surface area contributed by atoms with Gasteiger partial charge in [0.05, 0.1) is 16.7 Å². The van der Waals surface area contributed by atoms with Crippen molar-refractivity contribution in [3.8, 4) is 5.75 Å². The van der Waals surface area contributed by atoms with Gasteiger partial charge in [-0.25, -0.2) is 19.0 Å². The van der Waals surface area contributed by atoms with Crippen LogP contribution in [0.15, 0.2) is 64.3 Å². The molecule has 8 nitrogen and oxygen atoms in total. The largest absolute Gasteiger partial charge is 0.489 e. The first-order chi connectivity index (χ1) is 16.8. The summed E-state index contributed by atoms with van der Waals surface area (Å²) in [6, 6.07) is 10.5. The molecule has 0 aliphatic heterocycles. The lowest BCUT2D eigenvalue weighted by molar-refractivity contribution is 0.102. The molecule has 0 saturated heterocycles. The molecule has 1 amide bonds. The van der Waals surface area contributed by atoms with Gasteiger partial charge in [-0.1, -0.05) is 11.6 Å². The van der Waals surface area contributed by atoms with Gasteiger partial charge in [-0.2, -0.15) is 5.10 Å². The molecule has 0 bridgehead atoms. The summed E-state index contributed by atoms with van der Waals surface area (Å²) in [5, 5.41) is 6.18. The molecule has 0 saturated carbocycles. The second-order valence-corrected chi connectivity index (χ2v) is 7.65. The number of carbonyl (C=O) groups excluding carboxylic acids is 1. The topological polar surface area (TPSA) is 128 Å². The normalized spacial score (nSPS) is 11.5. The average molecular weight is 504 g/mol. The molecule has 0 radical (unpaired) electrons. The lowest BCUT2D eigenvalue weighted by Crippen LogP contribution is -2.32. The fraction of sp³-hybridized carbons (Fsp3) is 0.0435. The number of amides is 1. The van der Waals surface area contributed by atoms with E-state index in [0.29, 0.717) is 11.4 Å². The number of hydrazone groups is 1. The Morgan fingerprint density at radius 1 is 1.03 bits per heavy atom. The van der Waals surface area contributed by atoms with E-state index in [2.05, 4.69) is 15.8 Å². The van der Waals surface area contributed by atoms with Gasteiger partial charge < -0.3 is 25.7 Å². The minimum atomic E-state index is -0.819. The van der Waals surface area contributed by atoms with E-state index in [1.165, 1.54) is 36.6 Å². The molecule has 0 unspecified atom stereocenters. The predicted octanol–water partition coefficient (Wildman–Crippen LogP) is 4.42. The van der Waals surface area contributed by atoms with E-state index in [-0.39, 0.29) is 45.1 Å². The first-order valence-electron chi connectivity index (χ1n) is 9.94. The molecule has 0 atom stereocenters. The highest BCUT2D eigenvalue weighted by Gasteiger charge is 2.19. The Morgan fingerprint density at radius 3 is 2.34 bits per heavy atom. The van der Waals surface area contributed by atoms with Gasteiger partial charge in [0.2, 0.25) is 0 Å². The predicted molar refractivity (Wildman–Crippen MR) is 124 cm³/mol. The van der Waals surface area contributed by atoms with E-state index in [4.69, 9.17) is 32.4 Å². The van der Waals surface area contributed by atoms with Crippen LogP contribution in [0.2, 0.25) is 5.02 Å². The molecule has 4 rings (SSSR count). The van der Waals surface area contributed by atoms with Crippen LogP contribution in [-0.2, 0) is 6.61 Å². The molecule has 0 spiro atoms. The number of hydrazine groups is 1. The number of furan rings is 1. The van der Waals surface area contributed by atoms with E-state index < -0.39 is 23.4 Å². The van der Waals surface area contributed by atoms with Gasteiger partial charge in [-0.3, -0.25) is 4.79 Å². The first-order valence-corrected chi connectivity index (χ1v) is 10.3. The SMILES string of the molecule is N/N=C(\NN)c1cc2occ(C(=O)Nc3ccc(OCc4c(F)cc(Cl)cc4F)cc3)c2cc1F. The van der Waals surface area contributed by atoms with Gasteiger partial charge in [0.25, 0.3) is 5.91 Å². The monoisotopic (exact) mass is 503 g/mol. The average Bonchev–Trinajstić information content (AvgIpc) is 3.23. The third kappa shape index (κ3) is 5.00. The number of nitrogens with zero attached hydrogens (tertiary/aromatic N) is 1. The summed E-state index contributed by atoms with van der Waals surface area (Å²) in [7, 11) is 0. The second-order valence-electron chi connectivity index (χ2n) is 7.21.